The molecule has 1 saturated carbocycles. The van der Waals surface area contributed by atoms with Crippen molar-refractivity contribution < 1.29 is 36.7 Å². The summed E-state index contributed by atoms with van der Waals surface area (Å²) in [5, 5.41) is 0.255. The van der Waals surface area contributed by atoms with Crippen LogP contribution in [0.15, 0.2) is 36.4 Å². The van der Waals surface area contributed by atoms with E-state index in [0.717, 1.165) is 19.2 Å². The molecule has 2 aromatic carbocycles. The topological polar surface area (TPSA) is 84.5 Å². The highest BCUT2D eigenvalue weighted by molar-refractivity contribution is 6.32. The van der Waals surface area contributed by atoms with Crippen LogP contribution < -0.4 is 10.6 Å². The lowest BCUT2D eigenvalue weighted by Crippen LogP contribution is -2.52. The van der Waals surface area contributed by atoms with Crippen LogP contribution in [-0.2, 0) is 14.3 Å². The van der Waals surface area contributed by atoms with Gasteiger partial charge in [-0.15, -0.1) is 0 Å². The van der Waals surface area contributed by atoms with E-state index in [2.05, 4.69) is 21.7 Å². The molecule has 6 nitrogen and oxygen atoms in total. The molecule has 11 heteroatoms. The third-order valence-electron chi connectivity index (χ3n) is 5.32. The number of esters is 1. The normalized spacial score (nSPS) is 15.4. The maximum absolute atomic E-state index is 14.9. The van der Waals surface area contributed by atoms with Crippen molar-refractivity contribution in [1.29, 1.82) is 0 Å². The Kier molecular flexibility index (Phi) is 6.69. The number of alkyl halides is 3. The fourth-order valence-electron chi connectivity index (χ4n) is 3.35. The first-order valence-corrected chi connectivity index (χ1v) is 10.1. The lowest BCUT2D eigenvalue weighted by Gasteiger charge is -2.22. The van der Waals surface area contributed by atoms with E-state index >= 15 is 0 Å². The highest BCUT2D eigenvalue weighted by Gasteiger charge is 2.54. The van der Waals surface area contributed by atoms with Crippen LogP contribution in [0.1, 0.15) is 41.7 Å². The van der Waals surface area contributed by atoms with Gasteiger partial charge in [-0.25, -0.2) is 13.6 Å². The number of ether oxygens (including phenoxy) is 1. The third-order valence-corrected chi connectivity index (χ3v) is 5.50. The quantitative estimate of drug-likeness (QED) is 0.351. The number of nitrogens with one attached hydrogen (secondary N) is 2. The summed E-state index contributed by atoms with van der Waals surface area (Å²) in [6.45, 7) is 1.46. The maximum atomic E-state index is 14.9. The zero-order valence-electron chi connectivity index (χ0n) is 17.5. The third kappa shape index (κ3) is 5.11. The number of halogens is 5. The molecule has 2 aromatic rings. The summed E-state index contributed by atoms with van der Waals surface area (Å²) in [4.78, 5) is 35.9. The second kappa shape index (κ2) is 9.01. The lowest BCUT2D eigenvalue weighted by molar-refractivity contribution is -0.139. The number of rotatable bonds is 7. The predicted molar refractivity (Wildman–Crippen MR) is 111 cm³/mol. The molecule has 3 rings (SSSR count). The molecule has 0 aliphatic heterocycles. The van der Waals surface area contributed by atoms with Gasteiger partial charge in [0.05, 0.1) is 13.2 Å². The van der Waals surface area contributed by atoms with Gasteiger partial charge in [0, 0.05) is 5.56 Å². The van der Waals surface area contributed by atoms with Gasteiger partial charge < -0.3 is 15.4 Å². The monoisotopic (exact) mass is 486 g/mol. The van der Waals surface area contributed by atoms with Crippen molar-refractivity contribution in [2.45, 2.75) is 36.7 Å². The van der Waals surface area contributed by atoms with Gasteiger partial charge in [0.1, 0.15) is 22.7 Å². The van der Waals surface area contributed by atoms with Crippen LogP contribution in [-0.4, -0.2) is 35.8 Å². The van der Waals surface area contributed by atoms with Gasteiger partial charge in [-0.05, 0) is 54.6 Å². The van der Waals surface area contributed by atoms with Crippen LogP contribution >= 0.6 is 11.6 Å². The molecule has 1 fully saturated rings. The maximum Gasteiger partial charge on any atom is 0.399 e. The van der Waals surface area contributed by atoms with Crippen molar-refractivity contribution in [2.24, 2.45) is 0 Å². The van der Waals surface area contributed by atoms with E-state index in [1.807, 2.05) is 5.32 Å². The molecule has 0 aromatic heterocycles. The van der Waals surface area contributed by atoms with Crippen LogP contribution in [0.3, 0.4) is 0 Å². The molecule has 2 N–H and O–H groups in total. The molecule has 0 radical (unpaired) electrons. The number of carbonyl (C=O) groups excluding carboxylic acids is 3. The van der Waals surface area contributed by atoms with E-state index < -0.39 is 46.4 Å². The van der Waals surface area contributed by atoms with Crippen molar-refractivity contribution in [3.05, 3.63) is 59.2 Å². The average molecular weight is 487 g/mol. The minimum absolute atomic E-state index is 0.0490. The van der Waals surface area contributed by atoms with E-state index in [9.17, 15) is 31.9 Å². The van der Waals surface area contributed by atoms with Crippen LogP contribution in [0.4, 0.5) is 17.6 Å². The first kappa shape index (κ1) is 24.5. The highest BCUT2D eigenvalue weighted by atomic mass is 35.5. The van der Waals surface area contributed by atoms with Gasteiger partial charge in [0.25, 0.3) is 0 Å². The van der Waals surface area contributed by atoms with E-state index in [0.29, 0.717) is 0 Å². The van der Waals surface area contributed by atoms with Crippen molar-refractivity contribution in [1.82, 2.24) is 10.6 Å². The number of methoxy groups -OCH3 is 1. The fourth-order valence-corrected chi connectivity index (χ4v) is 3.40. The zero-order valence-corrected chi connectivity index (χ0v) is 18.2. The summed E-state index contributed by atoms with van der Waals surface area (Å²) in [5.74, 6) is -5.07. The van der Waals surface area contributed by atoms with Gasteiger partial charge in [0.2, 0.25) is 5.91 Å². The van der Waals surface area contributed by atoms with Crippen LogP contribution in [0, 0.1) is 11.6 Å². The van der Waals surface area contributed by atoms with Gasteiger partial charge in [-0.2, -0.15) is 8.78 Å². The lowest BCUT2D eigenvalue weighted by atomic mass is 9.96. The van der Waals surface area contributed by atoms with Crippen molar-refractivity contribution in [3.63, 3.8) is 0 Å². The van der Waals surface area contributed by atoms with E-state index in [1.54, 1.807) is 0 Å². The number of amides is 2. The second-order valence-electron chi connectivity index (χ2n) is 7.62. The molecule has 0 heterocycles. The Morgan fingerprint density at radius 1 is 1.12 bits per heavy atom. The molecule has 1 aliphatic rings. The second-order valence-corrected chi connectivity index (χ2v) is 8.09. The Bertz CT molecular complexity index is 1120. The minimum Gasteiger partial charge on any atom is -0.465 e. The van der Waals surface area contributed by atoms with Crippen molar-refractivity contribution in [2.75, 3.05) is 7.11 Å². The Labute approximate surface area is 191 Å². The smallest absolute Gasteiger partial charge is 0.399 e. The molecule has 33 heavy (non-hydrogen) atoms. The zero-order chi connectivity index (χ0) is 24.6. The van der Waals surface area contributed by atoms with Gasteiger partial charge in [-0.1, -0.05) is 24.3 Å². The SMILES string of the molecule is COC(=O)c1c(F)cccc1-c1ccc([C@@H](C)NC(=O)C2(NC(=O)C(F)(F)Cl)CC2)c(F)c1. The summed E-state index contributed by atoms with van der Waals surface area (Å²) in [6.07, 6.45) is 0.253. The summed E-state index contributed by atoms with van der Waals surface area (Å²) in [7, 11) is 1.09. The Morgan fingerprint density at radius 3 is 2.33 bits per heavy atom. The Morgan fingerprint density at radius 2 is 1.79 bits per heavy atom. The van der Waals surface area contributed by atoms with E-state index in [-0.39, 0.29) is 35.1 Å². The Hall–Kier alpha value is -3.14. The summed E-state index contributed by atoms with van der Waals surface area (Å²) >= 11 is 4.68. The fraction of sp³-hybridized carbons (Fsp3) is 0.318. The first-order chi connectivity index (χ1) is 15.4. The van der Waals surface area contributed by atoms with Gasteiger partial charge >= 0.3 is 17.3 Å². The summed E-state index contributed by atoms with van der Waals surface area (Å²) < 4.78 is 59.5. The first-order valence-electron chi connectivity index (χ1n) is 9.76. The van der Waals surface area contributed by atoms with Crippen LogP contribution in [0.5, 0.6) is 0 Å². The van der Waals surface area contributed by atoms with E-state index in [1.165, 1.54) is 31.2 Å². The molecular weight excluding hydrogens is 468 g/mol. The van der Waals surface area contributed by atoms with Crippen LogP contribution in [0.2, 0.25) is 0 Å². The number of carbonyl (C=O) groups is 3. The highest BCUT2D eigenvalue weighted by Crippen LogP contribution is 2.38. The van der Waals surface area contributed by atoms with Crippen LogP contribution in [0.25, 0.3) is 11.1 Å². The van der Waals surface area contributed by atoms with Gasteiger partial charge in [-0.3, -0.25) is 9.59 Å². The number of hydrogen-bond acceptors (Lipinski definition) is 4. The molecule has 0 bridgehead atoms. The summed E-state index contributed by atoms with van der Waals surface area (Å²) in [6, 6.07) is 6.82. The molecule has 0 spiro atoms. The molecule has 176 valence electrons. The van der Waals surface area contributed by atoms with Crippen molar-refractivity contribution in [3.8, 4) is 11.1 Å². The molecular formula is C22H19ClF4N2O4. The average Bonchev–Trinajstić information content (AvgIpc) is 3.52. The molecule has 1 atom stereocenters. The Balaban J connectivity index is 1.80. The van der Waals surface area contributed by atoms with E-state index in [4.69, 9.17) is 0 Å². The predicted octanol–water partition coefficient (Wildman–Crippen LogP) is 4.08. The molecule has 2 amide bonds. The molecule has 1 aliphatic carbocycles. The number of hydrogen-bond donors (Lipinski definition) is 2. The molecule has 0 saturated heterocycles. The largest absolute Gasteiger partial charge is 0.465 e. The van der Waals surface area contributed by atoms with Gasteiger partial charge in [0.15, 0.2) is 0 Å². The standard InChI is InChI=1S/C22H19ClF4N2O4/c1-11(28-19(31)21(8-9-21)29-20(32)22(23,26)27)13-7-6-12(10-16(13)25)14-4-3-5-15(24)17(14)18(30)33-2/h3-7,10-11H,8-9H2,1-2H3,(H,28,31)(H,29,32)/t11-/m1/s1. The molecule has 0 unspecified atom stereocenters. The summed E-state index contributed by atoms with van der Waals surface area (Å²) in [5.41, 5.74) is -1.52. The van der Waals surface area contributed by atoms with Crippen molar-refractivity contribution >= 4 is 29.4 Å². The minimum atomic E-state index is -4.16. The number of benzene rings is 2.